The number of aryl methyl sites for hydroxylation is 1. The Labute approximate surface area is 160 Å². The molecule has 132 valence electrons. The van der Waals surface area contributed by atoms with Gasteiger partial charge in [0, 0.05) is 16.0 Å². The second-order valence-electron chi connectivity index (χ2n) is 5.60. The van der Waals surface area contributed by atoms with Crippen molar-refractivity contribution in [2.24, 2.45) is 5.10 Å². The largest absolute Gasteiger partial charge is 0.484 e. The molecule has 0 unspecified atom stereocenters. The number of hydrogen-bond donors (Lipinski definition) is 1. The number of halogens is 2. The number of carbonyl (C=O) groups is 1. The summed E-state index contributed by atoms with van der Waals surface area (Å²) in [6.07, 6.45) is 1.45. The van der Waals surface area contributed by atoms with Gasteiger partial charge in [0.05, 0.1) is 11.7 Å². The predicted molar refractivity (Wildman–Crippen MR) is 104 cm³/mol. The Balaban J connectivity index is 1.61. The molecule has 0 aliphatic carbocycles. The monoisotopic (exact) mass is 387 g/mol. The zero-order valence-electron chi connectivity index (χ0n) is 13.9. The van der Waals surface area contributed by atoms with Gasteiger partial charge in [0.2, 0.25) is 0 Å². The quantitative estimate of drug-likeness (QED) is 0.401. The third-order valence-corrected chi connectivity index (χ3v) is 4.05. The molecule has 1 heterocycles. The number of amides is 1. The topological polar surface area (TPSA) is 63.6 Å². The standard InChI is InChI=1S/C19H15Cl2N3O2/c1-12-5-6-13-8-14(19(21)23-17(13)7-12)10-22-24-18(25)11-26-16-4-2-3-15(20)9-16/h2-10H,11H2,1H3,(H,24,25)/b22-10-. The number of hydrazone groups is 1. The van der Waals surface area contributed by atoms with E-state index in [1.54, 1.807) is 24.3 Å². The Morgan fingerprint density at radius 2 is 2.08 bits per heavy atom. The molecule has 26 heavy (non-hydrogen) atoms. The number of benzene rings is 2. The van der Waals surface area contributed by atoms with Gasteiger partial charge in [0.25, 0.3) is 5.91 Å². The average Bonchev–Trinajstić information content (AvgIpc) is 2.60. The van der Waals surface area contributed by atoms with Gasteiger partial charge in [-0.1, -0.05) is 41.4 Å². The van der Waals surface area contributed by atoms with Crippen LogP contribution < -0.4 is 10.2 Å². The zero-order valence-corrected chi connectivity index (χ0v) is 15.4. The molecule has 0 aliphatic rings. The minimum atomic E-state index is -0.401. The molecule has 3 rings (SSSR count). The van der Waals surface area contributed by atoms with Gasteiger partial charge in [0.1, 0.15) is 10.9 Å². The first-order valence-corrected chi connectivity index (χ1v) is 8.54. The van der Waals surface area contributed by atoms with Crippen LogP contribution in [0, 0.1) is 6.92 Å². The lowest BCUT2D eigenvalue weighted by Crippen LogP contribution is -2.24. The van der Waals surface area contributed by atoms with Crippen LogP contribution in [0.2, 0.25) is 10.2 Å². The van der Waals surface area contributed by atoms with E-state index in [9.17, 15) is 4.79 Å². The number of rotatable bonds is 5. The van der Waals surface area contributed by atoms with Crippen LogP contribution in [0.15, 0.2) is 53.6 Å². The SMILES string of the molecule is Cc1ccc2cc(/C=N\NC(=O)COc3cccc(Cl)c3)c(Cl)nc2c1. The normalized spacial score (nSPS) is 11.0. The summed E-state index contributed by atoms with van der Waals surface area (Å²) in [5, 5.41) is 5.70. The Morgan fingerprint density at radius 3 is 2.88 bits per heavy atom. The third-order valence-electron chi connectivity index (χ3n) is 3.51. The Kier molecular flexibility index (Phi) is 5.71. The van der Waals surface area contributed by atoms with E-state index in [0.29, 0.717) is 21.5 Å². The summed E-state index contributed by atoms with van der Waals surface area (Å²) in [7, 11) is 0. The molecule has 0 atom stereocenters. The van der Waals surface area contributed by atoms with E-state index in [4.69, 9.17) is 27.9 Å². The van der Waals surface area contributed by atoms with E-state index in [0.717, 1.165) is 16.5 Å². The predicted octanol–water partition coefficient (Wildman–Crippen LogP) is 4.38. The van der Waals surface area contributed by atoms with Crippen LogP contribution in [-0.4, -0.2) is 23.7 Å². The summed E-state index contributed by atoms with van der Waals surface area (Å²) in [5.74, 6) is 0.107. The third kappa shape index (κ3) is 4.71. The highest BCUT2D eigenvalue weighted by Crippen LogP contribution is 2.20. The molecule has 0 fully saturated rings. The maximum absolute atomic E-state index is 11.8. The van der Waals surface area contributed by atoms with Crippen LogP contribution in [-0.2, 0) is 4.79 Å². The minimum Gasteiger partial charge on any atom is -0.484 e. The molecule has 1 aromatic heterocycles. The van der Waals surface area contributed by atoms with E-state index in [1.165, 1.54) is 6.21 Å². The molecule has 7 heteroatoms. The van der Waals surface area contributed by atoms with E-state index >= 15 is 0 Å². The molecule has 5 nitrogen and oxygen atoms in total. The fraction of sp³-hybridized carbons (Fsp3) is 0.105. The van der Waals surface area contributed by atoms with Gasteiger partial charge in [-0.2, -0.15) is 5.10 Å². The summed E-state index contributed by atoms with van der Waals surface area (Å²) in [6.45, 7) is 1.81. The molecule has 0 aliphatic heterocycles. The van der Waals surface area contributed by atoms with Crippen molar-refractivity contribution in [2.45, 2.75) is 6.92 Å². The van der Waals surface area contributed by atoms with Crippen molar-refractivity contribution in [1.82, 2.24) is 10.4 Å². The molecule has 0 spiro atoms. The first kappa shape index (κ1) is 18.2. The number of fused-ring (bicyclic) bond motifs is 1. The molecular formula is C19H15Cl2N3O2. The number of pyridine rings is 1. The smallest absolute Gasteiger partial charge is 0.277 e. The van der Waals surface area contributed by atoms with Gasteiger partial charge in [-0.15, -0.1) is 0 Å². The fourth-order valence-electron chi connectivity index (χ4n) is 2.27. The molecule has 1 N–H and O–H groups in total. The summed E-state index contributed by atoms with van der Waals surface area (Å²) in [5.41, 5.74) is 4.91. The molecule has 2 aromatic carbocycles. The number of carbonyl (C=O) groups excluding carboxylic acids is 1. The Bertz CT molecular complexity index is 990. The van der Waals surface area contributed by atoms with Crippen molar-refractivity contribution in [3.8, 4) is 5.75 Å². The van der Waals surface area contributed by atoms with Gasteiger partial charge in [-0.3, -0.25) is 4.79 Å². The maximum atomic E-state index is 11.8. The molecular weight excluding hydrogens is 373 g/mol. The van der Waals surface area contributed by atoms with E-state index in [2.05, 4.69) is 15.5 Å². The van der Waals surface area contributed by atoms with Gasteiger partial charge in [-0.25, -0.2) is 10.4 Å². The van der Waals surface area contributed by atoms with Crippen molar-refractivity contribution >= 4 is 46.2 Å². The van der Waals surface area contributed by atoms with Crippen LogP contribution in [0.4, 0.5) is 0 Å². The highest BCUT2D eigenvalue weighted by molar-refractivity contribution is 6.32. The van der Waals surface area contributed by atoms with Crippen molar-refractivity contribution in [3.05, 3.63) is 69.8 Å². The number of ether oxygens (including phenoxy) is 1. The maximum Gasteiger partial charge on any atom is 0.277 e. The molecule has 0 bridgehead atoms. The lowest BCUT2D eigenvalue weighted by Gasteiger charge is -2.05. The second kappa shape index (κ2) is 8.17. The van der Waals surface area contributed by atoms with E-state index < -0.39 is 5.91 Å². The first-order valence-electron chi connectivity index (χ1n) is 7.78. The van der Waals surface area contributed by atoms with E-state index in [1.807, 2.05) is 31.2 Å². The molecule has 1 amide bonds. The van der Waals surface area contributed by atoms with Crippen LogP contribution in [0.25, 0.3) is 10.9 Å². The van der Waals surface area contributed by atoms with Crippen LogP contribution in [0.5, 0.6) is 5.75 Å². The van der Waals surface area contributed by atoms with Gasteiger partial charge >= 0.3 is 0 Å². The van der Waals surface area contributed by atoms with Crippen LogP contribution in [0.1, 0.15) is 11.1 Å². The average molecular weight is 388 g/mol. The summed E-state index contributed by atoms with van der Waals surface area (Å²) in [6, 6.07) is 14.6. The molecule has 0 saturated heterocycles. The summed E-state index contributed by atoms with van der Waals surface area (Å²) < 4.78 is 5.34. The van der Waals surface area contributed by atoms with Crippen molar-refractivity contribution in [3.63, 3.8) is 0 Å². The Morgan fingerprint density at radius 1 is 1.23 bits per heavy atom. The molecule has 0 radical (unpaired) electrons. The van der Waals surface area contributed by atoms with Gasteiger partial charge in [-0.05, 0) is 42.8 Å². The first-order chi connectivity index (χ1) is 12.5. The van der Waals surface area contributed by atoms with Crippen molar-refractivity contribution < 1.29 is 9.53 Å². The van der Waals surface area contributed by atoms with Crippen molar-refractivity contribution in [1.29, 1.82) is 0 Å². The summed E-state index contributed by atoms with van der Waals surface area (Å²) >= 11 is 12.0. The van der Waals surface area contributed by atoms with Crippen LogP contribution in [0.3, 0.4) is 0 Å². The summed E-state index contributed by atoms with van der Waals surface area (Å²) in [4.78, 5) is 16.1. The zero-order chi connectivity index (χ0) is 18.5. The van der Waals surface area contributed by atoms with E-state index in [-0.39, 0.29) is 6.61 Å². The highest BCUT2D eigenvalue weighted by Gasteiger charge is 2.05. The number of nitrogens with one attached hydrogen (secondary N) is 1. The molecule has 3 aromatic rings. The minimum absolute atomic E-state index is 0.180. The van der Waals surface area contributed by atoms with Gasteiger partial charge < -0.3 is 4.74 Å². The number of hydrogen-bond acceptors (Lipinski definition) is 4. The fourth-order valence-corrected chi connectivity index (χ4v) is 2.65. The van der Waals surface area contributed by atoms with Gasteiger partial charge in [0.15, 0.2) is 6.61 Å². The van der Waals surface area contributed by atoms with Crippen molar-refractivity contribution in [2.75, 3.05) is 6.61 Å². The lowest BCUT2D eigenvalue weighted by atomic mass is 10.1. The Hall–Kier alpha value is -2.63. The highest BCUT2D eigenvalue weighted by atomic mass is 35.5. The van der Waals surface area contributed by atoms with Crippen LogP contribution >= 0.6 is 23.2 Å². The molecule has 0 saturated carbocycles. The number of nitrogens with zero attached hydrogens (tertiary/aromatic N) is 2. The number of aromatic nitrogens is 1. The second-order valence-corrected chi connectivity index (χ2v) is 6.40. The lowest BCUT2D eigenvalue weighted by molar-refractivity contribution is -0.123.